The van der Waals surface area contributed by atoms with Gasteiger partial charge in [-0.3, -0.25) is 0 Å². The zero-order valence-corrected chi connectivity index (χ0v) is 10.8. The highest BCUT2D eigenvalue weighted by molar-refractivity contribution is 9.10. The fourth-order valence-corrected chi connectivity index (χ4v) is 2.92. The fraction of sp³-hybridized carbons (Fsp3) is 0.538. The van der Waals surface area contributed by atoms with Gasteiger partial charge in [0.05, 0.1) is 0 Å². The van der Waals surface area contributed by atoms with E-state index in [-0.39, 0.29) is 6.04 Å². The van der Waals surface area contributed by atoms with Crippen LogP contribution in [0.25, 0.3) is 0 Å². The molecule has 0 spiro atoms. The first-order valence-electron chi connectivity index (χ1n) is 5.77. The third-order valence-corrected chi connectivity index (χ3v) is 4.07. The summed E-state index contributed by atoms with van der Waals surface area (Å²) < 4.78 is 15.6. The molecule has 1 aliphatic rings. The molecule has 1 nitrogen and oxygen atoms in total. The van der Waals surface area contributed by atoms with Crippen molar-refractivity contribution in [3.63, 3.8) is 0 Å². The molecule has 1 aliphatic carbocycles. The van der Waals surface area contributed by atoms with Crippen molar-refractivity contribution in [3.05, 3.63) is 34.3 Å². The van der Waals surface area contributed by atoms with Crippen LogP contribution in [0.1, 0.15) is 31.2 Å². The van der Waals surface area contributed by atoms with Crippen LogP contribution in [0.5, 0.6) is 0 Å². The van der Waals surface area contributed by atoms with Crippen molar-refractivity contribution >= 4 is 15.9 Å². The minimum Gasteiger partial charge on any atom is -0.328 e. The zero-order valence-electron chi connectivity index (χ0n) is 9.26. The van der Waals surface area contributed by atoms with Crippen LogP contribution < -0.4 is 5.73 Å². The summed E-state index contributed by atoms with van der Waals surface area (Å²) in [5.74, 6) is 0. The van der Waals surface area contributed by atoms with Gasteiger partial charge in [-0.15, -0.1) is 0 Å². The van der Waals surface area contributed by atoms with E-state index in [0.717, 1.165) is 22.9 Å². The highest BCUT2D eigenvalue weighted by Gasteiger charge is 2.35. The van der Waals surface area contributed by atoms with Crippen LogP contribution >= 0.6 is 15.9 Å². The average molecular weight is 286 g/mol. The third-order valence-electron chi connectivity index (χ3n) is 3.29. The summed E-state index contributed by atoms with van der Waals surface area (Å²) in [4.78, 5) is 0. The molecule has 2 atom stereocenters. The van der Waals surface area contributed by atoms with Crippen molar-refractivity contribution in [2.45, 2.75) is 43.8 Å². The van der Waals surface area contributed by atoms with Crippen LogP contribution in [0.4, 0.5) is 4.39 Å². The largest absolute Gasteiger partial charge is 0.328 e. The minimum atomic E-state index is -1.11. The normalized spacial score (nSPS) is 30.3. The van der Waals surface area contributed by atoms with E-state index in [9.17, 15) is 4.39 Å². The van der Waals surface area contributed by atoms with Crippen molar-refractivity contribution < 1.29 is 4.39 Å². The Bertz CT molecular complexity index is 369. The molecule has 1 aromatic carbocycles. The SMILES string of the molecule is NC1CCCC(F)(Cc2ccccc2Br)C1. The molecule has 0 bridgehead atoms. The lowest BCUT2D eigenvalue weighted by Crippen LogP contribution is -2.39. The molecule has 0 heterocycles. The molecule has 0 saturated heterocycles. The maximum absolute atomic E-state index is 14.6. The van der Waals surface area contributed by atoms with E-state index in [2.05, 4.69) is 15.9 Å². The van der Waals surface area contributed by atoms with Gasteiger partial charge in [0.15, 0.2) is 0 Å². The van der Waals surface area contributed by atoms with Crippen LogP contribution in [0.2, 0.25) is 0 Å². The topological polar surface area (TPSA) is 26.0 Å². The van der Waals surface area contributed by atoms with Crippen LogP contribution in [0.15, 0.2) is 28.7 Å². The number of hydrogen-bond donors (Lipinski definition) is 1. The first-order chi connectivity index (χ1) is 7.59. The van der Waals surface area contributed by atoms with Crippen molar-refractivity contribution in [2.75, 3.05) is 0 Å². The van der Waals surface area contributed by atoms with Crippen LogP contribution in [-0.4, -0.2) is 11.7 Å². The second kappa shape index (κ2) is 4.84. The van der Waals surface area contributed by atoms with E-state index in [1.165, 1.54) is 0 Å². The number of rotatable bonds is 2. The van der Waals surface area contributed by atoms with Crippen LogP contribution in [-0.2, 0) is 6.42 Å². The highest BCUT2D eigenvalue weighted by Crippen LogP contribution is 2.35. The second-order valence-corrected chi connectivity index (χ2v) is 5.63. The predicted molar refractivity (Wildman–Crippen MR) is 68.1 cm³/mol. The molecule has 1 saturated carbocycles. The van der Waals surface area contributed by atoms with Crippen molar-refractivity contribution in [2.24, 2.45) is 5.73 Å². The Balaban J connectivity index is 2.11. The van der Waals surface area contributed by atoms with Gasteiger partial charge in [0.25, 0.3) is 0 Å². The quantitative estimate of drug-likeness (QED) is 0.883. The smallest absolute Gasteiger partial charge is 0.116 e. The monoisotopic (exact) mass is 285 g/mol. The average Bonchev–Trinajstić information content (AvgIpc) is 2.21. The lowest BCUT2D eigenvalue weighted by Gasteiger charge is -2.33. The van der Waals surface area contributed by atoms with Crippen LogP contribution in [0, 0.1) is 0 Å². The van der Waals surface area contributed by atoms with E-state index < -0.39 is 5.67 Å². The van der Waals surface area contributed by atoms with Crippen molar-refractivity contribution in [1.82, 2.24) is 0 Å². The lowest BCUT2D eigenvalue weighted by atomic mass is 9.80. The van der Waals surface area contributed by atoms with E-state index in [1.807, 2.05) is 24.3 Å². The van der Waals surface area contributed by atoms with Gasteiger partial charge >= 0.3 is 0 Å². The van der Waals surface area contributed by atoms with Gasteiger partial charge in [-0.05, 0) is 37.3 Å². The molecular weight excluding hydrogens is 269 g/mol. The number of hydrogen-bond acceptors (Lipinski definition) is 1. The number of halogens is 2. The molecule has 0 aliphatic heterocycles. The fourth-order valence-electron chi connectivity index (χ4n) is 2.50. The Kier molecular flexibility index (Phi) is 3.65. The second-order valence-electron chi connectivity index (χ2n) is 4.78. The molecule has 2 N–H and O–H groups in total. The lowest BCUT2D eigenvalue weighted by molar-refractivity contribution is 0.0963. The van der Waals surface area contributed by atoms with Gasteiger partial charge in [0, 0.05) is 16.9 Å². The van der Waals surface area contributed by atoms with E-state index >= 15 is 0 Å². The Hall–Kier alpha value is -0.410. The summed E-state index contributed by atoms with van der Waals surface area (Å²) in [5, 5.41) is 0. The molecule has 0 radical (unpaired) electrons. The molecule has 16 heavy (non-hydrogen) atoms. The molecule has 3 heteroatoms. The number of nitrogens with two attached hydrogens (primary N) is 1. The third kappa shape index (κ3) is 2.83. The van der Waals surface area contributed by atoms with Gasteiger partial charge in [-0.2, -0.15) is 0 Å². The predicted octanol–water partition coefficient (Wildman–Crippen LogP) is 3.60. The molecular formula is C13H17BrFN. The maximum atomic E-state index is 14.6. The minimum absolute atomic E-state index is 0.0289. The standard InChI is InChI=1S/C13H17BrFN/c14-12-6-2-1-4-10(12)8-13(15)7-3-5-11(16)9-13/h1-2,4,6,11H,3,5,7-9,16H2. The summed E-state index contributed by atoms with van der Waals surface area (Å²) >= 11 is 3.46. The zero-order chi connectivity index (χ0) is 11.6. The summed E-state index contributed by atoms with van der Waals surface area (Å²) in [6, 6.07) is 7.87. The van der Waals surface area contributed by atoms with Gasteiger partial charge in [-0.25, -0.2) is 4.39 Å². The molecule has 2 unspecified atom stereocenters. The number of benzene rings is 1. The Morgan fingerprint density at radius 3 is 2.88 bits per heavy atom. The van der Waals surface area contributed by atoms with Crippen LogP contribution in [0.3, 0.4) is 0 Å². The maximum Gasteiger partial charge on any atom is 0.116 e. The van der Waals surface area contributed by atoms with Crippen molar-refractivity contribution in [1.29, 1.82) is 0 Å². The summed E-state index contributed by atoms with van der Waals surface area (Å²) in [7, 11) is 0. The molecule has 0 amide bonds. The molecule has 2 rings (SSSR count). The first kappa shape index (κ1) is 12.1. The van der Waals surface area contributed by atoms with E-state index in [0.29, 0.717) is 19.3 Å². The van der Waals surface area contributed by atoms with Gasteiger partial charge in [0.1, 0.15) is 5.67 Å². The summed E-state index contributed by atoms with van der Waals surface area (Å²) in [6.07, 6.45) is 3.47. The van der Waals surface area contributed by atoms with E-state index in [4.69, 9.17) is 5.73 Å². The Morgan fingerprint density at radius 1 is 1.44 bits per heavy atom. The summed E-state index contributed by atoms with van der Waals surface area (Å²) in [6.45, 7) is 0. The Morgan fingerprint density at radius 2 is 2.19 bits per heavy atom. The molecule has 88 valence electrons. The van der Waals surface area contributed by atoms with E-state index in [1.54, 1.807) is 0 Å². The number of alkyl halides is 1. The molecule has 0 aromatic heterocycles. The summed E-state index contributed by atoms with van der Waals surface area (Å²) in [5.41, 5.74) is 5.78. The first-order valence-corrected chi connectivity index (χ1v) is 6.56. The van der Waals surface area contributed by atoms with Gasteiger partial charge in [0.2, 0.25) is 0 Å². The Labute approximate surface area is 104 Å². The molecule has 1 aromatic rings. The van der Waals surface area contributed by atoms with Gasteiger partial charge in [-0.1, -0.05) is 34.1 Å². The highest BCUT2D eigenvalue weighted by atomic mass is 79.9. The van der Waals surface area contributed by atoms with Crippen molar-refractivity contribution in [3.8, 4) is 0 Å². The molecule has 1 fully saturated rings. The van der Waals surface area contributed by atoms with Gasteiger partial charge < -0.3 is 5.73 Å².